The zero-order chi connectivity index (χ0) is 14.8. The highest BCUT2D eigenvalue weighted by molar-refractivity contribution is 5.86. The van der Waals surface area contributed by atoms with E-state index in [0.717, 1.165) is 11.1 Å². The summed E-state index contributed by atoms with van der Waals surface area (Å²) >= 11 is 0. The summed E-state index contributed by atoms with van der Waals surface area (Å²) in [4.78, 5) is 10.5. The lowest BCUT2D eigenvalue weighted by atomic mass is 10.2. The Morgan fingerprint density at radius 1 is 1.24 bits per heavy atom. The molecule has 0 saturated carbocycles. The molecule has 0 atom stereocenters. The maximum atomic E-state index is 10.9. The van der Waals surface area contributed by atoms with Crippen LogP contribution < -0.4 is 4.74 Å². The van der Waals surface area contributed by atoms with Crippen LogP contribution in [0.2, 0.25) is 0 Å². The van der Waals surface area contributed by atoms with Crippen LogP contribution in [-0.2, 0) is 13.7 Å². The van der Waals surface area contributed by atoms with Crippen molar-refractivity contribution in [2.24, 2.45) is 7.05 Å². The number of non-ortho nitro benzene ring substituents is 1. The van der Waals surface area contributed by atoms with E-state index in [0.29, 0.717) is 17.9 Å². The standard InChI is InChI=1S/C15H13N3O3/c1-17-14-8-7-12(18(19)20)9-13(14)15(16-17)21-10-11-5-3-2-4-6-11/h2-9H,10H2,1H3. The molecule has 2 aromatic carbocycles. The quantitative estimate of drug-likeness (QED) is 0.545. The highest BCUT2D eigenvalue weighted by atomic mass is 16.6. The summed E-state index contributed by atoms with van der Waals surface area (Å²) in [6.45, 7) is 0.371. The number of nitro groups is 1. The van der Waals surface area contributed by atoms with Gasteiger partial charge in [0.25, 0.3) is 5.69 Å². The monoisotopic (exact) mass is 283 g/mol. The van der Waals surface area contributed by atoms with E-state index in [1.807, 2.05) is 30.3 Å². The van der Waals surface area contributed by atoms with Gasteiger partial charge in [0.2, 0.25) is 5.88 Å². The summed E-state index contributed by atoms with van der Waals surface area (Å²) in [5, 5.41) is 15.8. The Kier molecular flexibility index (Phi) is 3.27. The second-order valence-corrected chi connectivity index (χ2v) is 4.66. The van der Waals surface area contributed by atoms with Crippen molar-refractivity contribution in [2.75, 3.05) is 0 Å². The molecule has 0 saturated heterocycles. The first-order chi connectivity index (χ1) is 10.1. The first-order valence-corrected chi connectivity index (χ1v) is 6.43. The van der Waals surface area contributed by atoms with E-state index >= 15 is 0 Å². The zero-order valence-corrected chi connectivity index (χ0v) is 11.4. The number of aromatic nitrogens is 2. The molecule has 0 aliphatic rings. The van der Waals surface area contributed by atoms with Crippen molar-refractivity contribution in [3.63, 3.8) is 0 Å². The van der Waals surface area contributed by atoms with Gasteiger partial charge in [-0.25, -0.2) is 0 Å². The van der Waals surface area contributed by atoms with E-state index in [1.54, 1.807) is 17.8 Å². The Morgan fingerprint density at radius 2 is 2.00 bits per heavy atom. The lowest BCUT2D eigenvalue weighted by Gasteiger charge is -2.03. The Balaban J connectivity index is 1.94. The third-order valence-electron chi connectivity index (χ3n) is 3.23. The second kappa shape index (κ2) is 5.24. The minimum atomic E-state index is -0.423. The van der Waals surface area contributed by atoms with Crippen molar-refractivity contribution in [1.82, 2.24) is 9.78 Å². The van der Waals surface area contributed by atoms with E-state index in [1.165, 1.54) is 12.1 Å². The maximum absolute atomic E-state index is 10.9. The number of hydrogen-bond donors (Lipinski definition) is 0. The van der Waals surface area contributed by atoms with Gasteiger partial charge in [0.15, 0.2) is 0 Å². The van der Waals surface area contributed by atoms with Crippen LogP contribution in [0, 0.1) is 10.1 Å². The molecule has 0 aliphatic heterocycles. The molecule has 0 spiro atoms. The van der Waals surface area contributed by atoms with Crippen LogP contribution >= 0.6 is 0 Å². The molecule has 0 amide bonds. The van der Waals surface area contributed by atoms with Gasteiger partial charge < -0.3 is 4.74 Å². The van der Waals surface area contributed by atoms with Gasteiger partial charge in [0.05, 0.1) is 15.8 Å². The molecular formula is C15H13N3O3. The second-order valence-electron chi connectivity index (χ2n) is 4.66. The average Bonchev–Trinajstić information content (AvgIpc) is 2.82. The van der Waals surface area contributed by atoms with Crippen molar-refractivity contribution >= 4 is 16.6 Å². The molecular weight excluding hydrogens is 270 g/mol. The highest BCUT2D eigenvalue weighted by Crippen LogP contribution is 2.28. The van der Waals surface area contributed by atoms with Crippen LogP contribution in [0.5, 0.6) is 5.88 Å². The Bertz CT molecular complexity index is 797. The molecule has 0 aliphatic carbocycles. The van der Waals surface area contributed by atoms with Crippen LogP contribution in [0.15, 0.2) is 48.5 Å². The number of nitro benzene ring substituents is 1. The van der Waals surface area contributed by atoms with Crippen LogP contribution in [0.25, 0.3) is 10.9 Å². The minimum Gasteiger partial charge on any atom is -0.471 e. The molecule has 0 unspecified atom stereocenters. The SMILES string of the molecule is Cn1nc(OCc2ccccc2)c2cc([N+](=O)[O-])ccc21. The first-order valence-electron chi connectivity index (χ1n) is 6.43. The summed E-state index contributed by atoms with van der Waals surface area (Å²) in [7, 11) is 1.78. The Hall–Kier alpha value is -2.89. The predicted molar refractivity (Wildman–Crippen MR) is 78.1 cm³/mol. The summed E-state index contributed by atoms with van der Waals surface area (Å²) in [5.41, 5.74) is 1.84. The third kappa shape index (κ3) is 2.55. The lowest BCUT2D eigenvalue weighted by Crippen LogP contribution is -1.96. The summed E-state index contributed by atoms with van der Waals surface area (Å²) < 4.78 is 7.36. The summed E-state index contributed by atoms with van der Waals surface area (Å²) in [5.74, 6) is 0.403. The van der Waals surface area contributed by atoms with Crippen LogP contribution in [0.3, 0.4) is 0 Å². The summed E-state index contributed by atoms with van der Waals surface area (Å²) in [6.07, 6.45) is 0. The molecule has 21 heavy (non-hydrogen) atoms. The number of rotatable bonds is 4. The van der Waals surface area contributed by atoms with Crippen molar-refractivity contribution in [3.8, 4) is 5.88 Å². The van der Waals surface area contributed by atoms with Gasteiger partial charge in [0, 0.05) is 19.2 Å². The van der Waals surface area contributed by atoms with Gasteiger partial charge in [-0.3, -0.25) is 14.8 Å². The van der Waals surface area contributed by atoms with Gasteiger partial charge in [-0.05, 0) is 11.6 Å². The van der Waals surface area contributed by atoms with Gasteiger partial charge in [-0.15, -0.1) is 5.10 Å². The smallest absolute Gasteiger partial charge is 0.270 e. The lowest BCUT2D eigenvalue weighted by molar-refractivity contribution is -0.384. The predicted octanol–water partition coefficient (Wildman–Crippen LogP) is 3.06. The number of benzene rings is 2. The van der Waals surface area contributed by atoms with Gasteiger partial charge in [0.1, 0.15) is 6.61 Å². The number of aryl methyl sites for hydroxylation is 1. The molecule has 1 aromatic heterocycles. The molecule has 106 valence electrons. The topological polar surface area (TPSA) is 70.2 Å². The Morgan fingerprint density at radius 3 is 2.71 bits per heavy atom. The van der Waals surface area contributed by atoms with E-state index in [-0.39, 0.29) is 5.69 Å². The fourth-order valence-corrected chi connectivity index (χ4v) is 2.17. The average molecular weight is 283 g/mol. The molecule has 0 fully saturated rings. The largest absolute Gasteiger partial charge is 0.471 e. The van der Waals surface area contributed by atoms with E-state index in [4.69, 9.17) is 4.74 Å². The van der Waals surface area contributed by atoms with Gasteiger partial charge >= 0.3 is 0 Å². The number of fused-ring (bicyclic) bond motifs is 1. The van der Waals surface area contributed by atoms with E-state index < -0.39 is 4.92 Å². The van der Waals surface area contributed by atoms with Crippen molar-refractivity contribution in [3.05, 3.63) is 64.2 Å². The Labute approximate surface area is 120 Å². The van der Waals surface area contributed by atoms with Crippen LogP contribution in [-0.4, -0.2) is 14.7 Å². The fourth-order valence-electron chi connectivity index (χ4n) is 2.17. The maximum Gasteiger partial charge on any atom is 0.270 e. The fraction of sp³-hybridized carbons (Fsp3) is 0.133. The molecule has 0 N–H and O–H groups in total. The molecule has 6 heteroatoms. The first kappa shape index (κ1) is 13.1. The molecule has 1 heterocycles. The number of nitrogens with zero attached hydrogens (tertiary/aromatic N) is 3. The van der Waals surface area contributed by atoms with Crippen molar-refractivity contribution in [1.29, 1.82) is 0 Å². The highest BCUT2D eigenvalue weighted by Gasteiger charge is 2.14. The van der Waals surface area contributed by atoms with Gasteiger partial charge in [-0.1, -0.05) is 30.3 Å². The molecule has 3 aromatic rings. The molecule has 3 rings (SSSR count). The van der Waals surface area contributed by atoms with Gasteiger partial charge in [-0.2, -0.15) is 0 Å². The normalized spacial score (nSPS) is 10.7. The number of ether oxygens (including phenoxy) is 1. The molecule has 0 bridgehead atoms. The molecule has 0 radical (unpaired) electrons. The third-order valence-corrected chi connectivity index (χ3v) is 3.23. The van der Waals surface area contributed by atoms with Crippen molar-refractivity contribution < 1.29 is 9.66 Å². The minimum absolute atomic E-state index is 0.0278. The van der Waals surface area contributed by atoms with Crippen LogP contribution in [0.1, 0.15) is 5.56 Å². The van der Waals surface area contributed by atoms with Crippen LogP contribution in [0.4, 0.5) is 5.69 Å². The van der Waals surface area contributed by atoms with E-state index in [2.05, 4.69) is 5.10 Å². The van der Waals surface area contributed by atoms with Crippen molar-refractivity contribution in [2.45, 2.75) is 6.61 Å². The number of hydrogen-bond acceptors (Lipinski definition) is 4. The molecule has 6 nitrogen and oxygen atoms in total. The van der Waals surface area contributed by atoms with E-state index in [9.17, 15) is 10.1 Å². The summed E-state index contributed by atoms with van der Waals surface area (Å²) in [6, 6.07) is 14.3. The zero-order valence-electron chi connectivity index (χ0n) is 11.4.